The number of aryl methyl sites for hydroxylation is 2. The number of rotatable bonds is 12. The minimum absolute atomic E-state index is 0.193. The van der Waals surface area contributed by atoms with E-state index in [1.165, 1.54) is 18.0 Å². The van der Waals surface area contributed by atoms with Crippen LogP contribution in [0.1, 0.15) is 44.0 Å². The Labute approximate surface area is 290 Å². The lowest BCUT2D eigenvalue weighted by Gasteiger charge is -2.16. The summed E-state index contributed by atoms with van der Waals surface area (Å²) in [4.78, 5) is 47.3. The fourth-order valence-electron chi connectivity index (χ4n) is 5.15. The van der Waals surface area contributed by atoms with Gasteiger partial charge in [-0.1, -0.05) is 30.3 Å². The zero-order chi connectivity index (χ0) is 35.6. The Bertz CT molecular complexity index is 2080. The number of aromatic nitrogens is 2. The third-order valence-electron chi connectivity index (χ3n) is 8.01. The highest BCUT2D eigenvalue weighted by molar-refractivity contribution is 5.96. The quantitative estimate of drug-likeness (QED) is 0.113. The molecule has 50 heavy (non-hydrogen) atoms. The second-order valence-electron chi connectivity index (χ2n) is 11.6. The van der Waals surface area contributed by atoms with Gasteiger partial charge in [0.15, 0.2) is 0 Å². The molecule has 0 spiro atoms. The van der Waals surface area contributed by atoms with Crippen molar-refractivity contribution in [1.82, 2.24) is 20.2 Å². The summed E-state index contributed by atoms with van der Waals surface area (Å²) in [6, 6.07) is 23.8. The van der Waals surface area contributed by atoms with Gasteiger partial charge in [0.05, 0.1) is 11.4 Å². The second kappa shape index (κ2) is 16.2. The molecule has 0 unspecified atom stereocenters. The van der Waals surface area contributed by atoms with E-state index in [-0.39, 0.29) is 25.0 Å². The van der Waals surface area contributed by atoms with E-state index in [4.69, 9.17) is 14.5 Å². The summed E-state index contributed by atoms with van der Waals surface area (Å²) in [5, 5.41) is 11.5. The molecule has 0 fully saturated rings. The molecular formula is C39H38N6O5. The normalized spacial score (nSPS) is 11.2. The van der Waals surface area contributed by atoms with Crippen LogP contribution in [0.25, 0.3) is 17.0 Å². The molecule has 254 valence electrons. The summed E-state index contributed by atoms with van der Waals surface area (Å²) in [5.74, 6) is 0.166. The number of likely N-dealkylation sites (N-methyl/N-ethyl adjacent to an activating group) is 1. The van der Waals surface area contributed by atoms with E-state index < -0.39 is 5.91 Å². The Morgan fingerprint density at radius 2 is 1.68 bits per heavy atom. The maximum Gasteiger partial charge on any atom is 0.283 e. The maximum absolute atomic E-state index is 12.7. The number of nitrogens with one attached hydrogen (secondary N) is 1. The molecule has 0 bridgehead atoms. The monoisotopic (exact) mass is 670 g/mol. The van der Waals surface area contributed by atoms with Gasteiger partial charge in [0.25, 0.3) is 11.8 Å². The number of pyridine rings is 2. The molecule has 0 radical (unpaired) electrons. The first-order valence-electron chi connectivity index (χ1n) is 16.0. The van der Waals surface area contributed by atoms with Gasteiger partial charge in [-0.15, -0.1) is 10.2 Å². The zero-order valence-corrected chi connectivity index (χ0v) is 28.6. The Morgan fingerprint density at radius 1 is 0.900 bits per heavy atom. The zero-order valence-electron chi connectivity index (χ0n) is 28.6. The molecule has 2 aromatic heterocycles. The van der Waals surface area contributed by atoms with Crippen LogP contribution in [0.2, 0.25) is 0 Å². The van der Waals surface area contributed by atoms with Gasteiger partial charge in [-0.3, -0.25) is 19.4 Å². The Hall–Kier alpha value is -6.23. The van der Waals surface area contributed by atoms with Crippen molar-refractivity contribution in [3.63, 3.8) is 0 Å². The second-order valence-corrected chi connectivity index (χ2v) is 11.6. The van der Waals surface area contributed by atoms with Gasteiger partial charge in [-0.2, -0.15) is 0 Å². The van der Waals surface area contributed by atoms with Gasteiger partial charge in [-0.05, 0) is 91.6 Å². The predicted molar refractivity (Wildman–Crippen MR) is 191 cm³/mol. The highest BCUT2D eigenvalue weighted by Crippen LogP contribution is 2.33. The van der Waals surface area contributed by atoms with Gasteiger partial charge in [0.2, 0.25) is 5.91 Å². The topological polar surface area (TPSA) is 135 Å². The van der Waals surface area contributed by atoms with Crippen LogP contribution in [0.4, 0.5) is 5.69 Å². The molecule has 0 atom stereocenters. The molecule has 3 aromatic carbocycles. The van der Waals surface area contributed by atoms with Crippen LogP contribution in [0, 0.1) is 20.8 Å². The van der Waals surface area contributed by atoms with Gasteiger partial charge in [-0.25, -0.2) is 4.98 Å². The summed E-state index contributed by atoms with van der Waals surface area (Å²) in [5.41, 5.74) is 6.80. The number of nitrogens with zero attached hydrogens (tertiary/aromatic N) is 5. The molecular weight excluding hydrogens is 632 g/mol. The summed E-state index contributed by atoms with van der Waals surface area (Å²) in [7, 11) is 3.07. The van der Waals surface area contributed by atoms with E-state index in [0.717, 1.165) is 39.0 Å². The Kier molecular flexibility index (Phi) is 11.4. The summed E-state index contributed by atoms with van der Waals surface area (Å²) < 4.78 is 12.5. The molecule has 0 saturated heterocycles. The number of para-hydroxylation sites is 1. The first-order valence-corrected chi connectivity index (χ1v) is 16.0. The molecule has 1 N–H and O–H groups in total. The molecule has 0 aliphatic heterocycles. The van der Waals surface area contributed by atoms with Crippen molar-refractivity contribution in [3.05, 3.63) is 130 Å². The highest BCUT2D eigenvalue weighted by Gasteiger charge is 2.15. The molecule has 3 amide bonds. The SMILES string of the molecule is CNC(=O)c1ccc(/C=C/C(=O)N(C)CC(=O)N=Nc2ccc(C)c(COc3cccc4c(OCc5ccccn5)cc(C)nc34)c2C)cc1. The molecule has 5 aromatic rings. The van der Waals surface area contributed by atoms with Crippen LogP contribution in [0.15, 0.2) is 101 Å². The summed E-state index contributed by atoms with van der Waals surface area (Å²) >= 11 is 0. The van der Waals surface area contributed by atoms with Crippen LogP contribution < -0.4 is 14.8 Å². The van der Waals surface area contributed by atoms with Crippen molar-refractivity contribution in [2.45, 2.75) is 34.0 Å². The van der Waals surface area contributed by atoms with E-state index >= 15 is 0 Å². The number of ether oxygens (including phenoxy) is 2. The van der Waals surface area contributed by atoms with Crippen molar-refractivity contribution in [3.8, 4) is 11.5 Å². The largest absolute Gasteiger partial charge is 0.487 e. The van der Waals surface area contributed by atoms with Crippen LogP contribution in [-0.4, -0.2) is 53.2 Å². The van der Waals surface area contributed by atoms with Crippen molar-refractivity contribution in [2.75, 3.05) is 20.6 Å². The van der Waals surface area contributed by atoms with Gasteiger partial charge in [0.1, 0.15) is 36.8 Å². The van der Waals surface area contributed by atoms with E-state index in [1.54, 1.807) is 49.7 Å². The lowest BCUT2D eigenvalue weighted by atomic mass is 10.0. The standard InChI is InChI=1S/C39H38N6O5/c1-25-12-18-33(43-44-36(46)22-45(5)37(47)19-15-28-13-16-29(17-14-28)39(48)40-4)27(3)32(25)24-50-34-11-8-10-31-35(21-26(2)42-38(31)34)49-23-30-9-6-7-20-41-30/h6-21H,22-24H2,1-5H3,(H,40,48)/b19-15+,44-43?. The minimum Gasteiger partial charge on any atom is -0.487 e. The average molecular weight is 671 g/mol. The number of hydrogen-bond donors (Lipinski definition) is 1. The number of azo groups is 1. The van der Waals surface area contributed by atoms with Crippen molar-refractivity contribution in [2.24, 2.45) is 10.2 Å². The highest BCUT2D eigenvalue weighted by atomic mass is 16.5. The van der Waals surface area contributed by atoms with Crippen molar-refractivity contribution in [1.29, 1.82) is 0 Å². The number of carbonyl (C=O) groups is 3. The number of carbonyl (C=O) groups excluding carboxylic acids is 3. The number of benzene rings is 3. The van der Waals surface area contributed by atoms with Crippen LogP contribution in [0.5, 0.6) is 11.5 Å². The average Bonchev–Trinajstić information content (AvgIpc) is 3.12. The fraction of sp³-hybridized carbons (Fsp3) is 0.205. The molecule has 2 heterocycles. The fourth-order valence-corrected chi connectivity index (χ4v) is 5.15. The first kappa shape index (κ1) is 35.1. The van der Waals surface area contributed by atoms with Gasteiger partial charge < -0.3 is 19.7 Å². The molecule has 0 saturated carbocycles. The molecule has 11 nitrogen and oxygen atoms in total. The van der Waals surface area contributed by atoms with Gasteiger partial charge >= 0.3 is 0 Å². The van der Waals surface area contributed by atoms with Gasteiger partial charge in [0, 0.05) is 49.1 Å². The number of hydrogen-bond acceptors (Lipinski definition) is 8. The van der Waals surface area contributed by atoms with Crippen molar-refractivity contribution >= 4 is 40.4 Å². The molecule has 11 heteroatoms. The van der Waals surface area contributed by atoms with Crippen LogP contribution in [0.3, 0.4) is 0 Å². The van der Waals surface area contributed by atoms with E-state index in [2.05, 4.69) is 20.5 Å². The smallest absolute Gasteiger partial charge is 0.283 e. The first-order chi connectivity index (χ1) is 24.1. The number of fused-ring (bicyclic) bond motifs is 1. The Morgan fingerprint density at radius 3 is 2.42 bits per heavy atom. The number of amides is 3. The van der Waals surface area contributed by atoms with Crippen LogP contribution in [-0.2, 0) is 22.8 Å². The molecule has 5 rings (SSSR count). The lowest BCUT2D eigenvalue weighted by molar-refractivity contribution is -0.129. The van der Waals surface area contributed by atoms with Crippen LogP contribution >= 0.6 is 0 Å². The predicted octanol–water partition coefficient (Wildman–Crippen LogP) is 6.85. The molecule has 0 aliphatic rings. The van der Waals surface area contributed by atoms with Crippen molar-refractivity contribution < 1.29 is 23.9 Å². The minimum atomic E-state index is -0.569. The maximum atomic E-state index is 12.7. The third kappa shape index (κ3) is 8.81. The lowest BCUT2D eigenvalue weighted by Crippen LogP contribution is -2.29. The summed E-state index contributed by atoms with van der Waals surface area (Å²) in [6.45, 7) is 6.12. The van der Waals surface area contributed by atoms with E-state index in [9.17, 15) is 14.4 Å². The Balaban J connectivity index is 1.23. The third-order valence-corrected chi connectivity index (χ3v) is 8.01. The van der Waals surface area contributed by atoms with E-state index in [0.29, 0.717) is 34.9 Å². The molecule has 0 aliphatic carbocycles. The summed E-state index contributed by atoms with van der Waals surface area (Å²) in [6.07, 6.45) is 4.71. The van der Waals surface area contributed by atoms with E-state index in [1.807, 2.05) is 69.3 Å².